The van der Waals surface area contributed by atoms with Crippen LogP contribution in [0.3, 0.4) is 0 Å². The van der Waals surface area contributed by atoms with Crippen molar-refractivity contribution in [3.8, 4) is 0 Å². The lowest BCUT2D eigenvalue weighted by Crippen LogP contribution is -2.44. The fourth-order valence-corrected chi connectivity index (χ4v) is 4.76. The minimum Gasteiger partial charge on any atom is -0.655 e. The van der Waals surface area contributed by atoms with Crippen molar-refractivity contribution in [1.29, 1.82) is 0 Å². The third-order valence-corrected chi connectivity index (χ3v) is 10.9. The van der Waals surface area contributed by atoms with Crippen LogP contribution in [0, 0.1) is 6.92 Å². The number of nitrogens with zero attached hydrogens (tertiary/aromatic N) is 1. The first-order chi connectivity index (χ1) is 11.4. The molecule has 1 aliphatic rings. The van der Waals surface area contributed by atoms with Crippen LogP contribution in [-0.4, -0.2) is 42.0 Å². The molecule has 0 aromatic heterocycles. The van der Waals surface area contributed by atoms with Crippen molar-refractivity contribution in [3.05, 3.63) is 35.1 Å². The topological polar surface area (TPSA) is 66.7 Å². The van der Waals surface area contributed by atoms with Gasteiger partial charge >= 0.3 is 0 Å². The summed E-state index contributed by atoms with van der Waals surface area (Å²) in [6.07, 6.45) is 0.784. The Balaban J connectivity index is 1.88. The minimum atomic E-state index is -3.73. The predicted octanol–water partition coefficient (Wildman–Crippen LogP) is 4.24. The summed E-state index contributed by atoms with van der Waals surface area (Å²) in [7, 11) is -5.57. The maximum Gasteiger partial charge on any atom is 0.296 e. The van der Waals surface area contributed by atoms with Crippen LogP contribution in [0.15, 0.2) is 29.2 Å². The van der Waals surface area contributed by atoms with Crippen molar-refractivity contribution in [2.75, 3.05) is 13.2 Å². The van der Waals surface area contributed by atoms with E-state index in [1.807, 2.05) is 6.92 Å². The second-order valence-corrected chi connectivity index (χ2v) is 14.7. The Bertz CT molecular complexity index is 680. The zero-order valence-electron chi connectivity index (χ0n) is 16.1. The predicted molar refractivity (Wildman–Crippen MR) is 103 cm³/mol. The summed E-state index contributed by atoms with van der Waals surface area (Å²) in [6, 6.07) is 6.54. The fourth-order valence-electron chi connectivity index (χ4n) is 2.46. The van der Waals surface area contributed by atoms with Gasteiger partial charge in [-0.05, 0) is 43.6 Å². The van der Waals surface area contributed by atoms with Crippen LogP contribution in [0.4, 0.5) is 0 Å². The van der Waals surface area contributed by atoms with E-state index < -0.39 is 18.4 Å². The Labute approximate surface area is 153 Å². The van der Waals surface area contributed by atoms with Gasteiger partial charge in [-0.2, -0.15) is 8.42 Å². The first-order valence-electron chi connectivity index (χ1n) is 8.71. The van der Waals surface area contributed by atoms with Crippen LogP contribution in [0.2, 0.25) is 18.1 Å². The van der Waals surface area contributed by atoms with Crippen molar-refractivity contribution >= 4 is 18.4 Å². The van der Waals surface area contributed by atoms with Gasteiger partial charge in [0.15, 0.2) is 8.32 Å². The second kappa shape index (κ2) is 7.48. The summed E-state index contributed by atoms with van der Waals surface area (Å²) >= 11 is 0. The van der Waals surface area contributed by atoms with Crippen LogP contribution in [0.5, 0.6) is 0 Å². The standard InChI is InChI=1S/C18H30NO4SSi/c1-14-7-9-17(10-8-14)24(20,21)22-13-15-11-16(12-19-15)23-25(5,6)18(2,3)4/h7-10,15-16H,11-13H2,1-6H3/q-1/t15-,16-/m0/s1. The molecular formula is C18H30NO4SSi-. The van der Waals surface area contributed by atoms with Crippen molar-refractivity contribution in [1.82, 2.24) is 0 Å². The highest BCUT2D eigenvalue weighted by molar-refractivity contribution is 7.86. The molecule has 2 atom stereocenters. The van der Waals surface area contributed by atoms with E-state index >= 15 is 0 Å². The first kappa shape index (κ1) is 20.6. The summed E-state index contributed by atoms with van der Waals surface area (Å²) in [5.74, 6) is 0. The minimum absolute atomic E-state index is 0.0663. The van der Waals surface area contributed by atoms with Gasteiger partial charge in [0.25, 0.3) is 10.1 Å². The van der Waals surface area contributed by atoms with Gasteiger partial charge < -0.3 is 9.74 Å². The molecule has 7 heteroatoms. The molecular weight excluding hydrogens is 354 g/mol. The highest BCUT2D eigenvalue weighted by Crippen LogP contribution is 2.39. The quantitative estimate of drug-likeness (QED) is 0.543. The molecule has 0 unspecified atom stereocenters. The Morgan fingerprint density at radius 1 is 1.20 bits per heavy atom. The molecule has 0 aliphatic carbocycles. The molecule has 1 saturated heterocycles. The zero-order valence-corrected chi connectivity index (χ0v) is 17.9. The third kappa shape index (κ3) is 5.37. The molecule has 0 N–H and O–H groups in total. The summed E-state index contributed by atoms with van der Waals surface area (Å²) in [5, 5.41) is 4.65. The van der Waals surface area contributed by atoms with Crippen molar-refractivity contribution in [3.63, 3.8) is 0 Å². The average molecular weight is 385 g/mol. The normalized spacial score (nSPS) is 22.3. The van der Waals surface area contributed by atoms with E-state index in [0.717, 1.165) is 12.0 Å². The Morgan fingerprint density at radius 2 is 1.80 bits per heavy atom. The van der Waals surface area contributed by atoms with Crippen LogP contribution < -0.4 is 0 Å². The van der Waals surface area contributed by atoms with Gasteiger partial charge in [-0.15, -0.1) is 12.6 Å². The lowest BCUT2D eigenvalue weighted by Gasteiger charge is -2.39. The van der Waals surface area contributed by atoms with E-state index in [0.29, 0.717) is 6.54 Å². The molecule has 1 aliphatic heterocycles. The summed E-state index contributed by atoms with van der Waals surface area (Å²) in [5.41, 5.74) is 1.01. The number of hydrogen-bond acceptors (Lipinski definition) is 4. The smallest absolute Gasteiger partial charge is 0.296 e. The molecule has 0 saturated carbocycles. The van der Waals surface area contributed by atoms with Crippen LogP contribution >= 0.6 is 0 Å². The van der Waals surface area contributed by atoms with E-state index in [9.17, 15) is 8.42 Å². The maximum atomic E-state index is 12.3. The van der Waals surface area contributed by atoms with E-state index in [2.05, 4.69) is 39.2 Å². The Hall–Kier alpha value is -0.733. The molecule has 25 heavy (non-hydrogen) atoms. The lowest BCUT2D eigenvalue weighted by atomic mass is 10.2. The highest BCUT2D eigenvalue weighted by Gasteiger charge is 2.39. The molecule has 142 valence electrons. The molecule has 1 aromatic rings. The van der Waals surface area contributed by atoms with Crippen molar-refractivity contribution in [2.45, 2.75) is 69.3 Å². The molecule has 0 bridgehead atoms. The Morgan fingerprint density at radius 3 is 2.36 bits per heavy atom. The number of aryl methyl sites for hydroxylation is 1. The number of rotatable bonds is 6. The van der Waals surface area contributed by atoms with E-state index in [1.165, 1.54) is 0 Å². The van der Waals surface area contributed by atoms with Gasteiger partial charge in [0, 0.05) is 6.10 Å². The zero-order chi connectivity index (χ0) is 18.9. The Kier molecular flexibility index (Phi) is 6.16. The number of benzene rings is 1. The molecule has 1 heterocycles. The molecule has 0 radical (unpaired) electrons. The van der Waals surface area contributed by atoms with Gasteiger partial charge in [0.2, 0.25) is 0 Å². The molecule has 0 amide bonds. The first-order valence-corrected chi connectivity index (χ1v) is 13.0. The van der Waals surface area contributed by atoms with Gasteiger partial charge in [-0.1, -0.05) is 38.5 Å². The van der Waals surface area contributed by atoms with E-state index in [-0.39, 0.29) is 28.7 Å². The largest absolute Gasteiger partial charge is 0.655 e. The fraction of sp³-hybridized carbons (Fsp3) is 0.667. The lowest BCUT2D eigenvalue weighted by molar-refractivity contribution is 0.192. The average Bonchev–Trinajstić information content (AvgIpc) is 2.91. The SMILES string of the molecule is Cc1ccc(S(=O)(=O)OC[C@@H]2C[C@H](O[Si](C)(C)C(C)(C)C)C[N-]2)cc1. The maximum absolute atomic E-state index is 12.3. The number of hydrogen-bond donors (Lipinski definition) is 0. The van der Waals surface area contributed by atoms with Crippen LogP contribution in [0.25, 0.3) is 5.32 Å². The van der Waals surface area contributed by atoms with Gasteiger partial charge in [0.05, 0.1) is 11.5 Å². The molecule has 2 rings (SSSR count). The highest BCUT2D eigenvalue weighted by atomic mass is 32.2. The van der Waals surface area contributed by atoms with Crippen molar-refractivity contribution in [2.24, 2.45) is 0 Å². The summed E-state index contributed by atoms with van der Waals surface area (Å²) in [4.78, 5) is 0.185. The van der Waals surface area contributed by atoms with Gasteiger partial charge in [-0.3, -0.25) is 4.18 Å². The van der Waals surface area contributed by atoms with Crippen LogP contribution in [-0.2, 0) is 18.7 Å². The summed E-state index contributed by atoms with van der Waals surface area (Å²) in [6.45, 7) is 13.7. The molecule has 1 aromatic carbocycles. The third-order valence-electron chi connectivity index (χ3n) is 5.09. The van der Waals surface area contributed by atoms with Crippen molar-refractivity contribution < 1.29 is 17.0 Å². The molecule has 5 nitrogen and oxygen atoms in total. The van der Waals surface area contributed by atoms with Gasteiger partial charge in [0.1, 0.15) is 0 Å². The van der Waals surface area contributed by atoms with Crippen LogP contribution in [0.1, 0.15) is 32.8 Å². The second-order valence-electron chi connectivity index (χ2n) is 8.31. The molecule has 1 fully saturated rings. The van der Waals surface area contributed by atoms with E-state index in [4.69, 9.17) is 8.61 Å². The summed E-state index contributed by atoms with van der Waals surface area (Å²) < 4.78 is 36.1. The van der Waals surface area contributed by atoms with Gasteiger partial charge in [-0.25, -0.2) is 0 Å². The van der Waals surface area contributed by atoms with E-state index in [1.54, 1.807) is 24.3 Å². The molecule has 0 spiro atoms. The monoisotopic (exact) mass is 384 g/mol.